The first-order chi connectivity index (χ1) is 12.1. The molecule has 7 heteroatoms. The smallest absolute Gasteiger partial charge is 0.254 e. The summed E-state index contributed by atoms with van der Waals surface area (Å²) in [4.78, 5) is 32.9. The molecule has 0 spiro atoms. The molecule has 1 aromatic carbocycles. The number of aryl methyl sites for hydroxylation is 1. The first-order valence-corrected chi connectivity index (χ1v) is 8.57. The molecule has 1 aromatic heterocycles. The molecule has 7 nitrogen and oxygen atoms in total. The summed E-state index contributed by atoms with van der Waals surface area (Å²) in [5.41, 5.74) is 1.69. The summed E-state index contributed by atoms with van der Waals surface area (Å²) in [7, 11) is 0. The van der Waals surface area contributed by atoms with Gasteiger partial charge < -0.3 is 14.3 Å². The van der Waals surface area contributed by atoms with Crippen molar-refractivity contribution in [1.29, 1.82) is 0 Å². The molecular weight excluding hydrogens is 320 g/mol. The third-order valence-corrected chi connectivity index (χ3v) is 4.90. The summed E-state index contributed by atoms with van der Waals surface area (Å²) in [6.45, 7) is 3.67. The molecular formula is C18H20N4O3. The maximum atomic E-state index is 12.7. The van der Waals surface area contributed by atoms with Gasteiger partial charge in [0.05, 0.1) is 0 Å². The maximum absolute atomic E-state index is 12.7. The predicted molar refractivity (Wildman–Crippen MR) is 88.8 cm³/mol. The predicted octanol–water partition coefficient (Wildman–Crippen LogP) is 1.74. The van der Waals surface area contributed by atoms with Crippen molar-refractivity contribution in [2.75, 3.05) is 19.6 Å². The zero-order chi connectivity index (χ0) is 17.4. The van der Waals surface area contributed by atoms with Gasteiger partial charge in [0, 0.05) is 38.0 Å². The van der Waals surface area contributed by atoms with E-state index in [-0.39, 0.29) is 24.3 Å². The van der Waals surface area contributed by atoms with E-state index in [2.05, 4.69) is 10.1 Å². The molecule has 2 aromatic rings. The Kier molecular flexibility index (Phi) is 3.99. The normalized spacial score (nSPS) is 20.0. The highest BCUT2D eigenvalue weighted by molar-refractivity contribution is 6.00. The van der Waals surface area contributed by atoms with Gasteiger partial charge in [-0.25, -0.2) is 0 Å². The van der Waals surface area contributed by atoms with Gasteiger partial charge in [0.1, 0.15) is 6.54 Å². The van der Waals surface area contributed by atoms with Crippen LogP contribution in [0, 0.1) is 6.92 Å². The van der Waals surface area contributed by atoms with Gasteiger partial charge in [-0.05, 0) is 24.5 Å². The first kappa shape index (κ1) is 15.8. The number of aromatic nitrogens is 2. The van der Waals surface area contributed by atoms with Crippen LogP contribution in [0.15, 0.2) is 28.8 Å². The van der Waals surface area contributed by atoms with E-state index in [0.29, 0.717) is 36.9 Å². The molecule has 1 fully saturated rings. The molecule has 0 saturated carbocycles. The monoisotopic (exact) mass is 340 g/mol. The van der Waals surface area contributed by atoms with Crippen molar-refractivity contribution in [3.63, 3.8) is 0 Å². The molecule has 0 aliphatic carbocycles. The molecule has 2 amide bonds. The van der Waals surface area contributed by atoms with Gasteiger partial charge >= 0.3 is 0 Å². The molecule has 1 atom stereocenters. The molecule has 2 aliphatic heterocycles. The highest BCUT2D eigenvalue weighted by atomic mass is 16.5. The molecule has 0 N–H and O–H groups in total. The van der Waals surface area contributed by atoms with Crippen LogP contribution in [0.1, 0.15) is 46.4 Å². The van der Waals surface area contributed by atoms with Crippen molar-refractivity contribution in [1.82, 2.24) is 19.9 Å². The fraction of sp³-hybridized carbons (Fsp3) is 0.444. The van der Waals surface area contributed by atoms with E-state index in [9.17, 15) is 9.59 Å². The number of carbonyl (C=O) groups is 2. The molecule has 3 heterocycles. The van der Waals surface area contributed by atoms with Crippen molar-refractivity contribution in [2.24, 2.45) is 0 Å². The van der Waals surface area contributed by atoms with Gasteiger partial charge in [0.25, 0.3) is 5.91 Å². The Hall–Kier alpha value is -2.70. The Bertz CT molecular complexity index is 816. The number of fused-ring (bicyclic) bond motifs is 1. The molecule has 0 unspecified atom stereocenters. The summed E-state index contributed by atoms with van der Waals surface area (Å²) in [6, 6.07) is 7.52. The van der Waals surface area contributed by atoms with Crippen molar-refractivity contribution in [3.05, 3.63) is 47.1 Å². The van der Waals surface area contributed by atoms with Crippen LogP contribution < -0.4 is 0 Å². The van der Waals surface area contributed by atoms with Crippen LogP contribution in [-0.4, -0.2) is 51.4 Å². The van der Waals surface area contributed by atoms with E-state index in [1.807, 2.05) is 29.2 Å². The lowest BCUT2D eigenvalue weighted by Crippen LogP contribution is -2.44. The van der Waals surface area contributed by atoms with Gasteiger partial charge in [0.2, 0.25) is 11.8 Å². The quantitative estimate of drug-likeness (QED) is 0.850. The molecule has 0 bridgehead atoms. The Balaban J connectivity index is 1.41. The van der Waals surface area contributed by atoms with Crippen LogP contribution in [0.4, 0.5) is 0 Å². The Morgan fingerprint density at radius 2 is 2.20 bits per heavy atom. The van der Waals surface area contributed by atoms with Gasteiger partial charge in [-0.15, -0.1) is 0 Å². The Morgan fingerprint density at radius 3 is 2.96 bits per heavy atom. The summed E-state index contributed by atoms with van der Waals surface area (Å²) < 4.78 is 5.05. The fourth-order valence-corrected chi connectivity index (χ4v) is 3.60. The summed E-state index contributed by atoms with van der Waals surface area (Å²) in [5, 5.41) is 3.99. The van der Waals surface area contributed by atoms with Gasteiger partial charge in [-0.3, -0.25) is 9.59 Å². The lowest BCUT2D eigenvalue weighted by Gasteiger charge is -2.32. The van der Waals surface area contributed by atoms with E-state index in [1.54, 1.807) is 11.8 Å². The van der Waals surface area contributed by atoms with Crippen LogP contribution in [0.5, 0.6) is 0 Å². The minimum atomic E-state index is -0.0636. The number of hydrogen-bond acceptors (Lipinski definition) is 5. The SMILES string of the molecule is Cc1nc([C@@H]2CCCN(C(=O)CN3Cc4ccccc4C3=O)C2)no1. The number of amides is 2. The third-order valence-electron chi connectivity index (χ3n) is 4.90. The number of carbonyl (C=O) groups excluding carboxylic acids is 2. The average Bonchev–Trinajstić information content (AvgIpc) is 3.20. The number of benzene rings is 1. The lowest BCUT2D eigenvalue weighted by atomic mass is 9.97. The number of likely N-dealkylation sites (tertiary alicyclic amines) is 1. The van der Waals surface area contributed by atoms with Crippen LogP contribution in [-0.2, 0) is 11.3 Å². The number of rotatable bonds is 3. The molecule has 130 valence electrons. The zero-order valence-corrected chi connectivity index (χ0v) is 14.1. The summed E-state index contributed by atoms with van der Waals surface area (Å²) >= 11 is 0. The second kappa shape index (κ2) is 6.31. The van der Waals surface area contributed by atoms with E-state index in [4.69, 9.17) is 4.52 Å². The average molecular weight is 340 g/mol. The van der Waals surface area contributed by atoms with E-state index < -0.39 is 0 Å². The van der Waals surface area contributed by atoms with Crippen molar-refractivity contribution in [3.8, 4) is 0 Å². The minimum Gasteiger partial charge on any atom is -0.340 e. The maximum Gasteiger partial charge on any atom is 0.254 e. The third kappa shape index (κ3) is 3.01. The standard InChI is InChI=1S/C18H20N4O3/c1-12-19-17(20-25-12)14-6-4-8-21(10-14)16(23)11-22-9-13-5-2-3-7-15(13)18(22)24/h2-3,5,7,14H,4,6,8-11H2,1H3/t14-/m1/s1. The van der Waals surface area contributed by atoms with Crippen LogP contribution in [0.25, 0.3) is 0 Å². The number of nitrogens with zero attached hydrogens (tertiary/aromatic N) is 4. The van der Waals surface area contributed by atoms with Gasteiger partial charge in [0.15, 0.2) is 5.82 Å². The Morgan fingerprint density at radius 1 is 1.36 bits per heavy atom. The van der Waals surface area contributed by atoms with Crippen LogP contribution >= 0.6 is 0 Å². The zero-order valence-electron chi connectivity index (χ0n) is 14.1. The minimum absolute atomic E-state index is 0.0222. The summed E-state index contributed by atoms with van der Waals surface area (Å²) in [6.07, 6.45) is 1.84. The Labute approximate surface area is 145 Å². The van der Waals surface area contributed by atoms with Crippen molar-refractivity contribution < 1.29 is 14.1 Å². The highest BCUT2D eigenvalue weighted by Gasteiger charge is 2.32. The van der Waals surface area contributed by atoms with Gasteiger partial charge in [-0.2, -0.15) is 4.98 Å². The van der Waals surface area contributed by atoms with E-state index in [1.165, 1.54) is 0 Å². The first-order valence-electron chi connectivity index (χ1n) is 8.57. The molecule has 0 radical (unpaired) electrons. The van der Waals surface area contributed by atoms with Crippen LogP contribution in [0.3, 0.4) is 0 Å². The van der Waals surface area contributed by atoms with Crippen LogP contribution in [0.2, 0.25) is 0 Å². The number of hydrogen-bond donors (Lipinski definition) is 0. The topological polar surface area (TPSA) is 79.5 Å². The second-order valence-corrected chi connectivity index (χ2v) is 6.67. The fourth-order valence-electron chi connectivity index (χ4n) is 3.60. The lowest BCUT2D eigenvalue weighted by molar-refractivity contribution is -0.133. The molecule has 2 aliphatic rings. The second-order valence-electron chi connectivity index (χ2n) is 6.67. The highest BCUT2D eigenvalue weighted by Crippen LogP contribution is 2.26. The molecule has 1 saturated heterocycles. The van der Waals surface area contributed by atoms with Gasteiger partial charge in [-0.1, -0.05) is 23.4 Å². The van der Waals surface area contributed by atoms with Crippen molar-refractivity contribution >= 4 is 11.8 Å². The largest absolute Gasteiger partial charge is 0.340 e. The number of piperidine rings is 1. The van der Waals surface area contributed by atoms with Crippen molar-refractivity contribution in [2.45, 2.75) is 32.2 Å². The van der Waals surface area contributed by atoms with E-state index >= 15 is 0 Å². The summed E-state index contributed by atoms with van der Waals surface area (Å²) in [5.74, 6) is 1.22. The molecule has 25 heavy (non-hydrogen) atoms. The molecule has 4 rings (SSSR count). The van der Waals surface area contributed by atoms with E-state index in [0.717, 1.165) is 18.4 Å².